The van der Waals surface area contributed by atoms with Gasteiger partial charge in [-0.05, 0) is 23.1 Å². The van der Waals surface area contributed by atoms with Gasteiger partial charge < -0.3 is 15.3 Å². The van der Waals surface area contributed by atoms with Crippen molar-refractivity contribution in [1.29, 1.82) is 0 Å². The van der Waals surface area contributed by atoms with Gasteiger partial charge in [-0.3, -0.25) is 14.4 Å². The summed E-state index contributed by atoms with van der Waals surface area (Å²) in [6.07, 6.45) is 1.44. The van der Waals surface area contributed by atoms with Crippen molar-refractivity contribution >= 4 is 17.8 Å². The molecule has 2 N–H and O–H groups in total. The highest BCUT2D eigenvalue weighted by molar-refractivity contribution is 5.89. The minimum absolute atomic E-state index is 0.111. The van der Waals surface area contributed by atoms with Crippen LogP contribution in [0.25, 0.3) is 0 Å². The number of fused-ring (bicyclic) bond motifs is 1. The molecule has 0 saturated carbocycles. The fourth-order valence-corrected chi connectivity index (χ4v) is 3.78. The number of aliphatic carboxylic acids is 1. The molecule has 2 unspecified atom stereocenters. The van der Waals surface area contributed by atoms with Crippen molar-refractivity contribution in [2.75, 3.05) is 6.54 Å². The van der Waals surface area contributed by atoms with Crippen molar-refractivity contribution in [3.05, 3.63) is 71.3 Å². The van der Waals surface area contributed by atoms with Crippen molar-refractivity contribution in [2.24, 2.45) is 0 Å². The predicted octanol–water partition coefficient (Wildman–Crippen LogP) is 2.72. The van der Waals surface area contributed by atoms with Crippen LogP contribution in [0.2, 0.25) is 0 Å². The van der Waals surface area contributed by atoms with Crippen molar-refractivity contribution in [3.63, 3.8) is 0 Å². The summed E-state index contributed by atoms with van der Waals surface area (Å²) in [5.41, 5.74) is 2.47. The lowest BCUT2D eigenvalue weighted by molar-refractivity contribution is -0.143. The van der Waals surface area contributed by atoms with E-state index in [-0.39, 0.29) is 24.8 Å². The minimum atomic E-state index is -0.949. The van der Waals surface area contributed by atoms with Gasteiger partial charge in [0.2, 0.25) is 11.8 Å². The number of hydrogen-bond acceptors (Lipinski definition) is 3. The summed E-state index contributed by atoms with van der Waals surface area (Å²) in [4.78, 5) is 39.0. The Bertz CT molecular complexity index is 881. The number of carbonyl (C=O) groups excluding carboxylic acids is 2. The lowest BCUT2D eigenvalue weighted by atomic mass is 9.89. The Balaban J connectivity index is 1.73. The quantitative estimate of drug-likeness (QED) is 0.756. The summed E-state index contributed by atoms with van der Waals surface area (Å²) in [6, 6.07) is 16.0. The third-order valence-electron chi connectivity index (χ3n) is 5.22. The summed E-state index contributed by atoms with van der Waals surface area (Å²) in [6.45, 7) is 2.42. The maximum atomic E-state index is 13.2. The van der Waals surface area contributed by atoms with Gasteiger partial charge >= 0.3 is 5.97 Å². The largest absolute Gasteiger partial charge is 0.481 e. The van der Waals surface area contributed by atoms with Crippen molar-refractivity contribution in [1.82, 2.24) is 10.2 Å². The first kappa shape index (κ1) is 20.6. The van der Waals surface area contributed by atoms with Gasteiger partial charge in [0.05, 0.1) is 12.3 Å². The summed E-state index contributed by atoms with van der Waals surface area (Å²) in [5, 5.41) is 12.5. The number of benzene rings is 2. The fraction of sp³-hybridized carbons (Fsp3) is 0.348. The Kier molecular flexibility index (Phi) is 6.65. The van der Waals surface area contributed by atoms with Gasteiger partial charge in [-0.25, -0.2) is 0 Å². The summed E-state index contributed by atoms with van der Waals surface area (Å²) >= 11 is 0. The van der Waals surface area contributed by atoms with E-state index in [2.05, 4.69) is 5.32 Å². The Morgan fingerprint density at radius 2 is 1.79 bits per heavy atom. The molecule has 0 saturated heterocycles. The van der Waals surface area contributed by atoms with Crippen LogP contribution in [0.1, 0.15) is 42.4 Å². The first-order chi connectivity index (χ1) is 14.0. The third-order valence-corrected chi connectivity index (χ3v) is 5.22. The molecule has 0 aromatic heterocycles. The van der Waals surface area contributed by atoms with E-state index in [1.165, 1.54) is 0 Å². The predicted molar refractivity (Wildman–Crippen MR) is 109 cm³/mol. The van der Waals surface area contributed by atoms with Crippen LogP contribution in [-0.4, -0.2) is 40.4 Å². The van der Waals surface area contributed by atoms with Crippen LogP contribution in [0.4, 0.5) is 0 Å². The molecule has 1 aliphatic heterocycles. The van der Waals surface area contributed by atoms with Gasteiger partial charge in [0.15, 0.2) is 0 Å². The molecule has 6 heteroatoms. The molecule has 29 heavy (non-hydrogen) atoms. The highest BCUT2D eigenvalue weighted by Gasteiger charge is 2.35. The first-order valence-electron chi connectivity index (χ1n) is 9.92. The molecule has 2 amide bonds. The van der Waals surface area contributed by atoms with Gasteiger partial charge in [-0.1, -0.05) is 67.9 Å². The van der Waals surface area contributed by atoms with Crippen molar-refractivity contribution < 1.29 is 19.5 Å². The minimum Gasteiger partial charge on any atom is -0.481 e. The SMILES string of the molecule is CCCC(NC(=O)Cc1ccccc1)C(=O)N1Cc2ccccc2C(C(=O)O)C1. The van der Waals surface area contributed by atoms with Gasteiger partial charge in [0.25, 0.3) is 0 Å². The van der Waals surface area contributed by atoms with Crippen LogP contribution >= 0.6 is 0 Å². The molecule has 6 nitrogen and oxygen atoms in total. The van der Waals surface area contributed by atoms with Crippen LogP contribution in [0, 0.1) is 0 Å². The monoisotopic (exact) mass is 394 g/mol. The second-order valence-corrected chi connectivity index (χ2v) is 7.38. The molecule has 1 heterocycles. The number of carboxylic acids is 1. The Morgan fingerprint density at radius 3 is 2.48 bits per heavy atom. The maximum absolute atomic E-state index is 13.2. The van der Waals surface area contributed by atoms with Gasteiger partial charge in [0.1, 0.15) is 6.04 Å². The van der Waals surface area contributed by atoms with E-state index in [0.29, 0.717) is 13.0 Å². The summed E-state index contributed by atoms with van der Waals surface area (Å²) in [7, 11) is 0. The Hall–Kier alpha value is -3.15. The van der Waals surface area contributed by atoms with E-state index >= 15 is 0 Å². The molecular weight excluding hydrogens is 368 g/mol. The molecule has 1 aliphatic rings. The number of rotatable bonds is 7. The second-order valence-electron chi connectivity index (χ2n) is 7.38. The van der Waals surface area contributed by atoms with Gasteiger partial charge in [-0.2, -0.15) is 0 Å². The molecule has 2 aromatic rings. The molecule has 0 aliphatic carbocycles. The number of nitrogens with one attached hydrogen (secondary N) is 1. The van der Waals surface area contributed by atoms with Crippen LogP contribution in [-0.2, 0) is 27.3 Å². The smallest absolute Gasteiger partial charge is 0.312 e. The van der Waals surface area contributed by atoms with Gasteiger partial charge in [0, 0.05) is 13.1 Å². The number of nitrogens with zero attached hydrogens (tertiary/aromatic N) is 1. The van der Waals surface area contributed by atoms with Crippen LogP contribution in [0.15, 0.2) is 54.6 Å². The first-order valence-corrected chi connectivity index (χ1v) is 9.92. The number of carboxylic acid groups (broad SMARTS) is 1. The lowest BCUT2D eigenvalue weighted by Crippen LogP contribution is -2.51. The average molecular weight is 394 g/mol. The van der Waals surface area contributed by atoms with E-state index in [0.717, 1.165) is 23.1 Å². The van der Waals surface area contributed by atoms with E-state index < -0.39 is 17.9 Å². The van der Waals surface area contributed by atoms with Crippen molar-refractivity contribution in [3.8, 4) is 0 Å². The molecule has 2 atom stereocenters. The lowest BCUT2D eigenvalue weighted by Gasteiger charge is -2.35. The molecule has 2 aromatic carbocycles. The zero-order chi connectivity index (χ0) is 20.8. The molecule has 152 valence electrons. The highest BCUT2D eigenvalue weighted by atomic mass is 16.4. The van der Waals surface area contributed by atoms with Crippen molar-refractivity contribution in [2.45, 2.75) is 44.7 Å². The van der Waals surface area contributed by atoms with Crippen LogP contribution < -0.4 is 5.32 Å². The fourth-order valence-electron chi connectivity index (χ4n) is 3.78. The zero-order valence-electron chi connectivity index (χ0n) is 16.5. The van der Waals surface area contributed by atoms with Crippen LogP contribution in [0.3, 0.4) is 0 Å². The van der Waals surface area contributed by atoms with E-state index in [4.69, 9.17) is 0 Å². The number of amides is 2. The molecule has 0 spiro atoms. The maximum Gasteiger partial charge on any atom is 0.312 e. The molecule has 0 fully saturated rings. The number of carbonyl (C=O) groups is 3. The van der Waals surface area contributed by atoms with Crippen LogP contribution in [0.5, 0.6) is 0 Å². The summed E-state index contributed by atoms with van der Waals surface area (Å²) in [5.74, 6) is -2.15. The number of hydrogen-bond donors (Lipinski definition) is 2. The highest BCUT2D eigenvalue weighted by Crippen LogP contribution is 2.29. The normalized spacial score (nSPS) is 16.6. The zero-order valence-corrected chi connectivity index (χ0v) is 16.5. The molecule has 0 radical (unpaired) electrons. The molecular formula is C23H26N2O4. The van der Waals surface area contributed by atoms with E-state index in [1.54, 1.807) is 11.0 Å². The summed E-state index contributed by atoms with van der Waals surface area (Å²) < 4.78 is 0. The average Bonchev–Trinajstić information content (AvgIpc) is 2.72. The topological polar surface area (TPSA) is 86.7 Å². The third kappa shape index (κ3) is 5.02. The second kappa shape index (κ2) is 9.37. The van der Waals surface area contributed by atoms with Gasteiger partial charge in [-0.15, -0.1) is 0 Å². The Labute approximate surface area is 170 Å². The Morgan fingerprint density at radius 1 is 1.10 bits per heavy atom. The standard InChI is InChI=1S/C23H26N2O4/c1-2-8-20(24-21(26)13-16-9-4-3-5-10-16)22(27)25-14-17-11-6-7-12-18(17)19(15-25)23(28)29/h3-7,9-12,19-20H,2,8,13-15H2,1H3,(H,24,26)(H,28,29). The van der Waals surface area contributed by atoms with E-state index in [1.807, 2.05) is 55.5 Å². The molecule has 3 rings (SSSR count). The molecule has 0 bridgehead atoms. The van der Waals surface area contributed by atoms with E-state index in [9.17, 15) is 19.5 Å².